The maximum absolute atomic E-state index is 4.50. The van der Waals surface area contributed by atoms with Gasteiger partial charge in [-0.1, -0.05) is 24.3 Å². The molecule has 2 unspecified atom stereocenters. The lowest BCUT2D eigenvalue weighted by atomic mass is 10.0. The molecule has 134 valence electrons. The zero-order valence-electron chi connectivity index (χ0n) is 15.7. The number of aryl methyl sites for hydroxylation is 4. The van der Waals surface area contributed by atoms with Crippen LogP contribution in [0.15, 0.2) is 35.3 Å². The third-order valence-corrected chi connectivity index (χ3v) is 4.87. The minimum atomic E-state index is 0.489. The van der Waals surface area contributed by atoms with Crippen molar-refractivity contribution in [3.8, 4) is 0 Å². The first-order valence-corrected chi connectivity index (χ1v) is 9.12. The molecule has 3 rings (SSSR count). The van der Waals surface area contributed by atoms with Gasteiger partial charge < -0.3 is 10.6 Å². The summed E-state index contributed by atoms with van der Waals surface area (Å²) in [5, 5.41) is 11.5. The lowest BCUT2D eigenvalue weighted by Gasteiger charge is -2.12. The fraction of sp³-hybridized carbons (Fsp3) is 0.500. The second-order valence-corrected chi connectivity index (χ2v) is 6.95. The largest absolute Gasteiger partial charge is 0.356 e. The molecule has 1 saturated carbocycles. The van der Waals surface area contributed by atoms with Crippen LogP contribution in [-0.4, -0.2) is 35.4 Å². The van der Waals surface area contributed by atoms with E-state index in [0.717, 1.165) is 31.2 Å². The van der Waals surface area contributed by atoms with E-state index in [1.54, 1.807) is 0 Å². The summed E-state index contributed by atoms with van der Waals surface area (Å²) in [4.78, 5) is 4.36. The second kappa shape index (κ2) is 7.72. The van der Waals surface area contributed by atoms with Crippen molar-refractivity contribution in [3.63, 3.8) is 0 Å². The van der Waals surface area contributed by atoms with Crippen molar-refractivity contribution in [1.82, 2.24) is 20.4 Å². The van der Waals surface area contributed by atoms with Crippen LogP contribution in [0, 0.1) is 20.8 Å². The standard InChI is InChI=1S/C20H29N5/c1-14-8-5-6-9-17(14)18-13-19(18)23-20(21-4)22-10-7-11-25-16(3)12-15(2)24-25/h5-6,8-9,12,18-19H,7,10-11,13H2,1-4H3,(H2,21,22,23). The Kier molecular flexibility index (Phi) is 5.41. The highest BCUT2D eigenvalue weighted by Gasteiger charge is 2.39. The SMILES string of the molecule is CN=C(NCCCn1nc(C)cc1C)NC1CC1c1ccccc1C. The molecule has 0 amide bonds. The monoisotopic (exact) mass is 339 g/mol. The zero-order valence-corrected chi connectivity index (χ0v) is 15.7. The van der Waals surface area contributed by atoms with Crippen LogP contribution in [0.25, 0.3) is 0 Å². The molecular weight excluding hydrogens is 310 g/mol. The number of nitrogens with zero attached hydrogens (tertiary/aromatic N) is 3. The summed E-state index contributed by atoms with van der Waals surface area (Å²) in [7, 11) is 1.83. The van der Waals surface area contributed by atoms with Crippen molar-refractivity contribution in [1.29, 1.82) is 0 Å². The van der Waals surface area contributed by atoms with Gasteiger partial charge in [0.15, 0.2) is 5.96 Å². The normalized spacial score (nSPS) is 19.8. The third-order valence-electron chi connectivity index (χ3n) is 4.87. The molecule has 1 aliphatic carbocycles. The van der Waals surface area contributed by atoms with Crippen LogP contribution < -0.4 is 10.6 Å². The average molecular weight is 339 g/mol. The van der Waals surface area contributed by atoms with Gasteiger partial charge in [-0.3, -0.25) is 9.67 Å². The third kappa shape index (κ3) is 4.41. The van der Waals surface area contributed by atoms with E-state index in [4.69, 9.17) is 0 Å². The Hall–Kier alpha value is -2.30. The summed E-state index contributed by atoms with van der Waals surface area (Å²) in [6.45, 7) is 8.15. The van der Waals surface area contributed by atoms with E-state index in [9.17, 15) is 0 Å². The number of aromatic nitrogens is 2. The molecule has 0 saturated heterocycles. The molecule has 25 heavy (non-hydrogen) atoms. The summed E-state index contributed by atoms with van der Waals surface area (Å²) >= 11 is 0. The second-order valence-electron chi connectivity index (χ2n) is 6.95. The molecule has 1 aliphatic rings. The van der Waals surface area contributed by atoms with E-state index in [-0.39, 0.29) is 0 Å². The van der Waals surface area contributed by atoms with E-state index < -0.39 is 0 Å². The molecule has 0 spiro atoms. The molecule has 1 aromatic heterocycles. The lowest BCUT2D eigenvalue weighted by molar-refractivity contribution is 0.555. The van der Waals surface area contributed by atoms with Gasteiger partial charge in [-0.2, -0.15) is 5.10 Å². The number of aliphatic imine (C=N–C) groups is 1. The Balaban J connectivity index is 1.42. The molecule has 2 N–H and O–H groups in total. The van der Waals surface area contributed by atoms with Crippen molar-refractivity contribution in [2.75, 3.05) is 13.6 Å². The molecule has 1 fully saturated rings. The highest BCUT2D eigenvalue weighted by molar-refractivity contribution is 5.80. The van der Waals surface area contributed by atoms with Gasteiger partial charge in [0.2, 0.25) is 0 Å². The quantitative estimate of drug-likeness (QED) is 0.483. The Morgan fingerprint density at radius 2 is 2.08 bits per heavy atom. The Bertz CT molecular complexity index is 746. The molecule has 1 heterocycles. The van der Waals surface area contributed by atoms with Crippen molar-refractivity contribution >= 4 is 5.96 Å². The van der Waals surface area contributed by atoms with Crippen molar-refractivity contribution in [3.05, 3.63) is 52.8 Å². The van der Waals surface area contributed by atoms with E-state index >= 15 is 0 Å². The van der Waals surface area contributed by atoms with Crippen LogP contribution in [0.2, 0.25) is 0 Å². The minimum absolute atomic E-state index is 0.489. The van der Waals surface area contributed by atoms with Crippen molar-refractivity contribution in [2.45, 2.75) is 52.1 Å². The Morgan fingerprint density at radius 1 is 1.28 bits per heavy atom. The Labute approximate surface area is 150 Å². The van der Waals surface area contributed by atoms with Crippen LogP contribution in [0.3, 0.4) is 0 Å². The van der Waals surface area contributed by atoms with E-state index in [2.05, 4.69) is 69.6 Å². The van der Waals surface area contributed by atoms with Gasteiger partial charge in [0.05, 0.1) is 5.69 Å². The summed E-state index contributed by atoms with van der Waals surface area (Å²) in [6.07, 6.45) is 2.20. The maximum Gasteiger partial charge on any atom is 0.191 e. The lowest BCUT2D eigenvalue weighted by Crippen LogP contribution is -2.39. The van der Waals surface area contributed by atoms with Gasteiger partial charge in [-0.15, -0.1) is 0 Å². The summed E-state index contributed by atoms with van der Waals surface area (Å²) < 4.78 is 2.07. The van der Waals surface area contributed by atoms with Gasteiger partial charge in [0.25, 0.3) is 0 Å². The van der Waals surface area contributed by atoms with Gasteiger partial charge >= 0.3 is 0 Å². The fourth-order valence-electron chi connectivity index (χ4n) is 3.41. The fourth-order valence-corrected chi connectivity index (χ4v) is 3.41. The Morgan fingerprint density at radius 3 is 2.76 bits per heavy atom. The first kappa shape index (κ1) is 17.5. The summed E-state index contributed by atoms with van der Waals surface area (Å²) in [5.41, 5.74) is 5.14. The topological polar surface area (TPSA) is 54.2 Å². The van der Waals surface area contributed by atoms with Gasteiger partial charge in [0.1, 0.15) is 0 Å². The molecule has 0 radical (unpaired) electrons. The molecule has 5 nitrogen and oxygen atoms in total. The molecule has 2 aromatic rings. The smallest absolute Gasteiger partial charge is 0.191 e. The predicted molar refractivity (Wildman–Crippen MR) is 103 cm³/mol. The average Bonchev–Trinajstić information content (AvgIpc) is 3.27. The number of nitrogens with one attached hydrogen (secondary N) is 2. The maximum atomic E-state index is 4.50. The number of guanidine groups is 1. The summed E-state index contributed by atoms with van der Waals surface area (Å²) in [6, 6.07) is 11.3. The number of benzene rings is 1. The summed E-state index contributed by atoms with van der Waals surface area (Å²) in [5.74, 6) is 1.50. The number of rotatable bonds is 6. The predicted octanol–water partition coefficient (Wildman–Crippen LogP) is 2.92. The van der Waals surface area contributed by atoms with Crippen LogP contribution >= 0.6 is 0 Å². The molecule has 5 heteroatoms. The van der Waals surface area contributed by atoms with Crippen LogP contribution in [-0.2, 0) is 6.54 Å². The van der Waals surface area contributed by atoms with Crippen LogP contribution in [0.5, 0.6) is 0 Å². The molecule has 0 bridgehead atoms. The van der Waals surface area contributed by atoms with Gasteiger partial charge in [0, 0.05) is 37.8 Å². The number of hydrogen-bond acceptors (Lipinski definition) is 2. The molecule has 0 aliphatic heterocycles. The molecule has 2 atom stereocenters. The number of hydrogen-bond donors (Lipinski definition) is 2. The first-order valence-electron chi connectivity index (χ1n) is 9.12. The highest BCUT2D eigenvalue weighted by Crippen LogP contribution is 2.41. The van der Waals surface area contributed by atoms with Crippen LogP contribution in [0.1, 0.15) is 41.3 Å². The van der Waals surface area contributed by atoms with Crippen LogP contribution in [0.4, 0.5) is 0 Å². The van der Waals surface area contributed by atoms with Crippen molar-refractivity contribution < 1.29 is 0 Å². The van der Waals surface area contributed by atoms with E-state index in [1.807, 2.05) is 14.0 Å². The van der Waals surface area contributed by atoms with Gasteiger partial charge in [-0.25, -0.2) is 0 Å². The highest BCUT2D eigenvalue weighted by atomic mass is 15.3. The van der Waals surface area contributed by atoms with Crippen molar-refractivity contribution in [2.24, 2.45) is 4.99 Å². The molecule has 1 aromatic carbocycles. The first-order chi connectivity index (χ1) is 12.1. The van der Waals surface area contributed by atoms with E-state index in [0.29, 0.717) is 12.0 Å². The minimum Gasteiger partial charge on any atom is -0.356 e. The van der Waals surface area contributed by atoms with E-state index in [1.165, 1.54) is 23.2 Å². The van der Waals surface area contributed by atoms with Gasteiger partial charge in [-0.05, 0) is 50.8 Å². The molecular formula is C20H29N5. The zero-order chi connectivity index (χ0) is 17.8.